The summed E-state index contributed by atoms with van der Waals surface area (Å²) in [6.07, 6.45) is 3.37. The van der Waals surface area contributed by atoms with Crippen LogP contribution in [-0.2, 0) is 0 Å². The number of piperazine rings is 1. The number of rotatable bonds is 3. The van der Waals surface area contributed by atoms with E-state index in [1.165, 1.54) is 0 Å². The molecule has 7 heteroatoms. The summed E-state index contributed by atoms with van der Waals surface area (Å²) < 4.78 is 0. The number of H-pyrrole nitrogens is 1. The Bertz CT molecular complexity index is 1180. The molecule has 0 unspecified atom stereocenters. The number of anilines is 1. The number of carbonyl (C=O) groups excluding carboxylic acids is 1. The van der Waals surface area contributed by atoms with Crippen LogP contribution in [0.5, 0.6) is 0 Å². The van der Waals surface area contributed by atoms with Crippen LogP contribution in [0.4, 0.5) is 5.82 Å². The van der Waals surface area contributed by atoms with Crippen LogP contribution < -0.4 is 4.90 Å². The molecule has 0 radical (unpaired) electrons. The number of hydrogen-bond donors (Lipinski definition) is 1. The molecule has 0 bridgehead atoms. The lowest BCUT2D eigenvalue weighted by atomic mass is 10.1. The maximum absolute atomic E-state index is 12.8. The first-order valence-corrected chi connectivity index (χ1v) is 10.1. The fraction of sp³-hybridized carbons (Fsp3) is 0.217. The van der Waals surface area contributed by atoms with Gasteiger partial charge in [0.1, 0.15) is 11.5 Å². The fourth-order valence-corrected chi connectivity index (χ4v) is 3.80. The van der Waals surface area contributed by atoms with Gasteiger partial charge in [0, 0.05) is 38.6 Å². The van der Waals surface area contributed by atoms with Gasteiger partial charge in [0.2, 0.25) is 0 Å². The van der Waals surface area contributed by atoms with Crippen molar-refractivity contribution in [1.29, 1.82) is 0 Å². The second-order valence-electron chi connectivity index (χ2n) is 7.45. The van der Waals surface area contributed by atoms with Gasteiger partial charge in [-0.05, 0) is 42.8 Å². The van der Waals surface area contributed by atoms with Crippen LogP contribution in [0, 0.1) is 6.92 Å². The summed E-state index contributed by atoms with van der Waals surface area (Å²) in [6, 6.07) is 15.8. The minimum atomic E-state index is 0.0456. The van der Waals surface area contributed by atoms with Crippen molar-refractivity contribution >= 4 is 22.8 Å². The van der Waals surface area contributed by atoms with Gasteiger partial charge in [0.25, 0.3) is 5.91 Å². The molecule has 5 rings (SSSR count). The van der Waals surface area contributed by atoms with Crippen molar-refractivity contribution in [2.45, 2.75) is 6.92 Å². The number of aromatic nitrogens is 4. The number of nitrogens with zero attached hydrogens (tertiary/aromatic N) is 5. The van der Waals surface area contributed by atoms with Crippen LogP contribution in [0.15, 0.2) is 60.9 Å². The van der Waals surface area contributed by atoms with Gasteiger partial charge in [-0.1, -0.05) is 18.2 Å². The lowest BCUT2D eigenvalue weighted by Gasteiger charge is -2.35. The number of hydrogen-bond acceptors (Lipinski definition) is 5. The standard InChI is InChI=1S/C23H22N6O/c1-16-9-10-24-15-17(16)23(30)29-13-11-28(12-14-29)21-8-4-7-20(25-21)22-26-18-5-2-3-6-19(18)27-22/h2-10,15H,11-14H2,1H3,(H,26,27). The van der Waals surface area contributed by atoms with Crippen molar-refractivity contribution < 1.29 is 4.79 Å². The molecule has 1 fully saturated rings. The Kier molecular flexibility index (Phi) is 4.63. The highest BCUT2D eigenvalue weighted by atomic mass is 16.2. The van der Waals surface area contributed by atoms with E-state index in [4.69, 9.17) is 4.98 Å². The Balaban J connectivity index is 1.31. The van der Waals surface area contributed by atoms with Gasteiger partial charge >= 0.3 is 0 Å². The van der Waals surface area contributed by atoms with E-state index < -0.39 is 0 Å². The number of fused-ring (bicyclic) bond motifs is 1. The summed E-state index contributed by atoms with van der Waals surface area (Å²) in [6.45, 7) is 4.73. The Morgan fingerprint density at radius 2 is 1.80 bits per heavy atom. The first-order chi connectivity index (χ1) is 14.7. The van der Waals surface area contributed by atoms with Gasteiger partial charge in [0.15, 0.2) is 5.82 Å². The van der Waals surface area contributed by atoms with Crippen LogP contribution in [0.3, 0.4) is 0 Å². The zero-order valence-electron chi connectivity index (χ0n) is 16.7. The predicted molar refractivity (Wildman–Crippen MR) is 116 cm³/mol. The van der Waals surface area contributed by atoms with Crippen LogP contribution >= 0.6 is 0 Å². The lowest BCUT2D eigenvalue weighted by molar-refractivity contribution is 0.0745. The molecule has 1 N–H and O–H groups in total. The van der Waals surface area contributed by atoms with E-state index in [0.717, 1.165) is 47.0 Å². The number of para-hydroxylation sites is 2. The van der Waals surface area contributed by atoms with Crippen LogP contribution in [0.25, 0.3) is 22.6 Å². The van der Waals surface area contributed by atoms with E-state index in [-0.39, 0.29) is 5.91 Å². The number of benzene rings is 1. The first kappa shape index (κ1) is 18.3. The molecule has 7 nitrogen and oxygen atoms in total. The molecule has 1 aliphatic rings. The smallest absolute Gasteiger partial charge is 0.255 e. The summed E-state index contributed by atoms with van der Waals surface area (Å²) in [7, 11) is 0. The number of aryl methyl sites for hydroxylation is 1. The molecule has 1 aliphatic heterocycles. The predicted octanol–water partition coefficient (Wildman–Crippen LogP) is 3.29. The van der Waals surface area contributed by atoms with Gasteiger partial charge in [-0.25, -0.2) is 9.97 Å². The number of nitrogens with one attached hydrogen (secondary N) is 1. The van der Waals surface area contributed by atoms with Crippen molar-refractivity contribution in [1.82, 2.24) is 24.8 Å². The number of amides is 1. The number of aromatic amines is 1. The maximum Gasteiger partial charge on any atom is 0.255 e. The van der Waals surface area contributed by atoms with Crippen molar-refractivity contribution in [2.75, 3.05) is 31.1 Å². The molecule has 0 aliphatic carbocycles. The SMILES string of the molecule is Cc1ccncc1C(=O)N1CCN(c2cccc(-c3nc4ccccc4[nH]3)n2)CC1. The van der Waals surface area contributed by atoms with E-state index in [9.17, 15) is 4.79 Å². The van der Waals surface area contributed by atoms with Gasteiger partial charge in [-0.3, -0.25) is 9.78 Å². The van der Waals surface area contributed by atoms with Gasteiger partial charge < -0.3 is 14.8 Å². The summed E-state index contributed by atoms with van der Waals surface area (Å²) in [5, 5.41) is 0. The summed E-state index contributed by atoms with van der Waals surface area (Å²) >= 11 is 0. The molecule has 1 saturated heterocycles. The highest BCUT2D eigenvalue weighted by molar-refractivity contribution is 5.95. The Labute approximate surface area is 174 Å². The molecule has 1 aromatic carbocycles. The van der Waals surface area contributed by atoms with Crippen LogP contribution in [0.1, 0.15) is 15.9 Å². The zero-order chi connectivity index (χ0) is 20.5. The van der Waals surface area contributed by atoms with Crippen molar-refractivity contribution in [3.8, 4) is 11.5 Å². The van der Waals surface area contributed by atoms with E-state index in [1.54, 1.807) is 12.4 Å². The second-order valence-corrected chi connectivity index (χ2v) is 7.45. The van der Waals surface area contributed by atoms with Gasteiger partial charge in [-0.2, -0.15) is 0 Å². The van der Waals surface area contributed by atoms with Crippen molar-refractivity contribution in [2.24, 2.45) is 0 Å². The minimum Gasteiger partial charge on any atom is -0.353 e. The van der Waals surface area contributed by atoms with Gasteiger partial charge in [-0.15, -0.1) is 0 Å². The summed E-state index contributed by atoms with van der Waals surface area (Å²) in [5.74, 6) is 1.71. The first-order valence-electron chi connectivity index (χ1n) is 10.1. The fourth-order valence-electron chi connectivity index (χ4n) is 3.80. The highest BCUT2D eigenvalue weighted by Gasteiger charge is 2.24. The number of carbonyl (C=O) groups is 1. The average Bonchev–Trinajstić information content (AvgIpc) is 3.24. The molecular weight excluding hydrogens is 376 g/mol. The molecule has 4 heterocycles. The molecule has 30 heavy (non-hydrogen) atoms. The molecule has 0 atom stereocenters. The monoisotopic (exact) mass is 398 g/mol. The van der Waals surface area contributed by atoms with E-state index in [0.29, 0.717) is 18.7 Å². The third-order valence-corrected chi connectivity index (χ3v) is 5.53. The quantitative estimate of drug-likeness (QED) is 0.573. The second kappa shape index (κ2) is 7.59. The van der Waals surface area contributed by atoms with Crippen LogP contribution in [-0.4, -0.2) is 56.9 Å². The van der Waals surface area contributed by atoms with Crippen molar-refractivity contribution in [3.05, 3.63) is 72.1 Å². The molecule has 0 saturated carbocycles. The van der Waals surface area contributed by atoms with Gasteiger partial charge in [0.05, 0.1) is 16.6 Å². The van der Waals surface area contributed by atoms with Crippen molar-refractivity contribution in [3.63, 3.8) is 0 Å². The molecule has 0 spiro atoms. The summed E-state index contributed by atoms with van der Waals surface area (Å²) in [5.41, 5.74) is 4.37. The third-order valence-electron chi connectivity index (χ3n) is 5.53. The number of imidazole rings is 1. The normalized spacial score (nSPS) is 14.3. The Morgan fingerprint density at radius 3 is 2.60 bits per heavy atom. The maximum atomic E-state index is 12.8. The Morgan fingerprint density at radius 1 is 0.967 bits per heavy atom. The zero-order valence-corrected chi connectivity index (χ0v) is 16.7. The van der Waals surface area contributed by atoms with Crippen LogP contribution in [0.2, 0.25) is 0 Å². The largest absolute Gasteiger partial charge is 0.353 e. The minimum absolute atomic E-state index is 0.0456. The molecule has 150 valence electrons. The third kappa shape index (κ3) is 3.39. The highest BCUT2D eigenvalue weighted by Crippen LogP contribution is 2.22. The van der Waals surface area contributed by atoms with E-state index >= 15 is 0 Å². The lowest BCUT2D eigenvalue weighted by Crippen LogP contribution is -2.49. The molecule has 1 amide bonds. The number of pyridine rings is 2. The average molecular weight is 398 g/mol. The van der Waals surface area contributed by atoms with E-state index in [1.807, 2.05) is 60.4 Å². The molecular formula is C23H22N6O. The topological polar surface area (TPSA) is 78.0 Å². The molecule has 3 aromatic heterocycles. The summed E-state index contributed by atoms with van der Waals surface area (Å²) in [4.78, 5) is 33.8. The van der Waals surface area contributed by atoms with E-state index in [2.05, 4.69) is 19.9 Å². The molecule has 4 aromatic rings. The Hall–Kier alpha value is -3.74.